The van der Waals surface area contributed by atoms with E-state index in [0.717, 1.165) is 35.1 Å². The largest absolute Gasteiger partial charge is 0.417 e. The molecule has 0 saturated heterocycles. The Bertz CT molecular complexity index is 1050. The van der Waals surface area contributed by atoms with Crippen LogP contribution < -0.4 is 0 Å². The molecule has 0 fully saturated rings. The number of hydrogen-bond acceptors (Lipinski definition) is 0. The molecule has 0 aromatic heterocycles. The molecule has 0 bridgehead atoms. The highest BCUT2D eigenvalue weighted by Gasteiger charge is 2.33. The fourth-order valence-electron chi connectivity index (χ4n) is 3.76. The fraction of sp³-hybridized carbons (Fsp3) is 0.167. The normalized spacial score (nSPS) is 14.8. The quantitative estimate of drug-likeness (QED) is 0.443. The summed E-state index contributed by atoms with van der Waals surface area (Å²) in [6, 6.07) is 17.9. The molecule has 3 aromatic carbocycles. The standard InChI is InChI=1S/C24H19F3/c1-16-10-12-17(13-11-16)18-6-2-3-7-19(18)21-14-15-23(24(25,26)27)22-9-5-4-8-20(21)22/h2,4-6,8-15H,3,7H2,1H3. The molecule has 3 heteroatoms. The molecule has 1 aliphatic carbocycles. The van der Waals surface area contributed by atoms with Crippen LogP contribution in [0.1, 0.15) is 35.1 Å². The van der Waals surface area contributed by atoms with Crippen molar-refractivity contribution in [2.24, 2.45) is 0 Å². The van der Waals surface area contributed by atoms with Crippen molar-refractivity contribution in [1.29, 1.82) is 0 Å². The number of hydrogen-bond donors (Lipinski definition) is 0. The van der Waals surface area contributed by atoms with Crippen molar-refractivity contribution in [3.05, 3.63) is 95.1 Å². The molecule has 0 amide bonds. The number of aryl methyl sites for hydroxylation is 1. The molecule has 0 spiro atoms. The summed E-state index contributed by atoms with van der Waals surface area (Å²) < 4.78 is 40.3. The first-order valence-corrected chi connectivity index (χ1v) is 9.01. The van der Waals surface area contributed by atoms with Crippen molar-refractivity contribution in [2.75, 3.05) is 0 Å². The van der Waals surface area contributed by atoms with Gasteiger partial charge in [0, 0.05) is 0 Å². The minimum atomic E-state index is -4.36. The van der Waals surface area contributed by atoms with E-state index in [2.05, 4.69) is 36.4 Å². The van der Waals surface area contributed by atoms with E-state index >= 15 is 0 Å². The van der Waals surface area contributed by atoms with E-state index in [9.17, 15) is 13.2 Å². The highest BCUT2D eigenvalue weighted by molar-refractivity contribution is 6.05. The SMILES string of the molecule is Cc1ccc(C2=C(c3ccc(C(F)(F)F)c4ccccc34)CCC=C2)cc1. The Hall–Kier alpha value is -2.81. The van der Waals surface area contributed by atoms with E-state index < -0.39 is 11.7 Å². The van der Waals surface area contributed by atoms with Crippen LogP contribution in [0.4, 0.5) is 13.2 Å². The summed E-state index contributed by atoms with van der Waals surface area (Å²) in [6.07, 6.45) is 1.56. The molecule has 27 heavy (non-hydrogen) atoms. The van der Waals surface area contributed by atoms with Crippen LogP contribution >= 0.6 is 0 Å². The van der Waals surface area contributed by atoms with Crippen molar-refractivity contribution in [3.63, 3.8) is 0 Å². The molecule has 0 saturated carbocycles. The Morgan fingerprint density at radius 3 is 2.22 bits per heavy atom. The third kappa shape index (κ3) is 3.30. The van der Waals surface area contributed by atoms with Crippen LogP contribution in [0.15, 0.2) is 72.8 Å². The van der Waals surface area contributed by atoms with Gasteiger partial charge in [0.05, 0.1) is 5.56 Å². The van der Waals surface area contributed by atoms with Gasteiger partial charge < -0.3 is 0 Å². The second kappa shape index (κ2) is 6.73. The van der Waals surface area contributed by atoms with Crippen LogP contribution in [-0.4, -0.2) is 0 Å². The molecule has 0 atom stereocenters. The monoisotopic (exact) mass is 364 g/mol. The van der Waals surface area contributed by atoms with Gasteiger partial charge in [0.1, 0.15) is 0 Å². The third-order valence-electron chi connectivity index (χ3n) is 5.09. The summed E-state index contributed by atoms with van der Waals surface area (Å²) in [6.45, 7) is 2.04. The van der Waals surface area contributed by atoms with E-state index in [4.69, 9.17) is 0 Å². The Morgan fingerprint density at radius 2 is 1.52 bits per heavy atom. The van der Waals surface area contributed by atoms with Gasteiger partial charge in [-0.05, 0) is 58.9 Å². The topological polar surface area (TPSA) is 0 Å². The smallest absolute Gasteiger partial charge is 0.166 e. The molecular weight excluding hydrogens is 345 g/mol. The minimum Gasteiger partial charge on any atom is -0.166 e. The van der Waals surface area contributed by atoms with Gasteiger partial charge in [-0.15, -0.1) is 0 Å². The molecule has 136 valence electrons. The Kier molecular flexibility index (Phi) is 4.39. The lowest BCUT2D eigenvalue weighted by atomic mass is 9.85. The predicted octanol–water partition coefficient (Wildman–Crippen LogP) is 7.43. The van der Waals surface area contributed by atoms with Gasteiger partial charge in [0.25, 0.3) is 0 Å². The maximum Gasteiger partial charge on any atom is 0.417 e. The summed E-state index contributed by atoms with van der Waals surface area (Å²) >= 11 is 0. The summed E-state index contributed by atoms with van der Waals surface area (Å²) in [5.41, 5.74) is 4.78. The van der Waals surface area contributed by atoms with Gasteiger partial charge in [-0.3, -0.25) is 0 Å². The molecule has 0 N–H and O–H groups in total. The lowest BCUT2D eigenvalue weighted by molar-refractivity contribution is -0.136. The average Bonchev–Trinajstić information content (AvgIpc) is 2.67. The zero-order chi connectivity index (χ0) is 19.0. The van der Waals surface area contributed by atoms with E-state index in [1.54, 1.807) is 30.3 Å². The second-order valence-corrected chi connectivity index (χ2v) is 6.90. The van der Waals surface area contributed by atoms with Gasteiger partial charge in [0.15, 0.2) is 0 Å². The van der Waals surface area contributed by atoms with Gasteiger partial charge >= 0.3 is 6.18 Å². The molecule has 0 unspecified atom stereocenters. The van der Waals surface area contributed by atoms with Gasteiger partial charge in [-0.25, -0.2) is 0 Å². The maximum atomic E-state index is 13.4. The summed E-state index contributed by atoms with van der Waals surface area (Å²) in [5, 5.41) is 0.912. The molecule has 0 aliphatic heterocycles. The number of rotatable bonds is 2. The van der Waals surface area contributed by atoms with E-state index in [1.807, 2.05) is 6.92 Å². The Balaban J connectivity index is 1.98. The summed E-state index contributed by atoms with van der Waals surface area (Å²) in [7, 11) is 0. The molecule has 0 radical (unpaired) electrons. The van der Waals surface area contributed by atoms with Crippen molar-refractivity contribution in [1.82, 2.24) is 0 Å². The van der Waals surface area contributed by atoms with Gasteiger partial charge in [-0.1, -0.05) is 72.3 Å². The van der Waals surface area contributed by atoms with E-state index in [0.29, 0.717) is 5.39 Å². The molecule has 4 rings (SSSR count). The number of halogens is 3. The minimum absolute atomic E-state index is 0.257. The van der Waals surface area contributed by atoms with Crippen LogP contribution in [0, 0.1) is 6.92 Å². The van der Waals surface area contributed by atoms with Crippen LogP contribution in [0.3, 0.4) is 0 Å². The number of fused-ring (bicyclic) bond motifs is 1. The first kappa shape index (κ1) is 17.6. The molecule has 1 aliphatic rings. The van der Waals surface area contributed by atoms with E-state index in [1.165, 1.54) is 11.6 Å². The Morgan fingerprint density at radius 1 is 0.815 bits per heavy atom. The zero-order valence-electron chi connectivity index (χ0n) is 15.0. The number of alkyl halides is 3. The molecule has 0 heterocycles. The zero-order valence-corrected chi connectivity index (χ0v) is 15.0. The van der Waals surface area contributed by atoms with Crippen LogP contribution in [0.5, 0.6) is 0 Å². The highest BCUT2D eigenvalue weighted by Crippen LogP contribution is 2.41. The average molecular weight is 364 g/mol. The summed E-state index contributed by atoms with van der Waals surface area (Å²) in [4.78, 5) is 0. The lowest BCUT2D eigenvalue weighted by Crippen LogP contribution is -2.06. The maximum absolute atomic E-state index is 13.4. The molecule has 0 nitrogen and oxygen atoms in total. The van der Waals surface area contributed by atoms with Crippen LogP contribution in [0.2, 0.25) is 0 Å². The van der Waals surface area contributed by atoms with E-state index in [-0.39, 0.29) is 5.39 Å². The molecular formula is C24H19F3. The predicted molar refractivity (Wildman–Crippen MR) is 105 cm³/mol. The van der Waals surface area contributed by atoms with Crippen molar-refractivity contribution in [3.8, 4) is 0 Å². The van der Waals surface area contributed by atoms with Crippen LogP contribution in [0.25, 0.3) is 21.9 Å². The van der Waals surface area contributed by atoms with Crippen molar-refractivity contribution in [2.45, 2.75) is 25.9 Å². The van der Waals surface area contributed by atoms with Gasteiger partial charge in [-0.2, -0.15) is 13.2 Å². The van der Waals surface area contributed by atoms with Gasteiger partial charge in [0.2, 0.25) is 0 Å². The number of allylic oxidation sites excluding steroid dienone is 4. The fourth-order valence-corrected chi connectivity index (χ4v) is 3.76. The Labute approximate surface area is 156 Å². The first-order chi connectivity index (χ1) is 12.9. The lowest BCUT2D eigenvalue weighted by Gasteiger charge is -2.20. The number of benzene rings is 3. The second-order valence-electron chi connectivity index (χ2n) is 6.90. The first-order valence-electron chi connectivity index (χ1n) is 9.01. The molecule has 3 aromatic rings. The summed E-state index contributed by atoms with van der Waals surface area (Å²) in [5.74, 6) is 0. The van der Waals surface area contributed by atoms with Crippen molar-refractivity contribution < 1.29 is 13.2 Å². The van der Waals surface area contributed by atoms with Crippen molar-refractivity contribution >= 4 is 21.9 Å². The van der Waals surface area contributed by atoms with Crippen LogP contribution in [-0.2, 0) is 6.18 Å². The third-order valence-corrected chi connectivity index (χ3v) is 5.09. The highest BCUT2D eigenvalue weighted by atomic mass is 19.4.